The minimum absolute atomic E-state index is 0.115. The van der Waals surface area contributed by atoms with E-state index in [2.05, 4.69) is 56.2 Å². The number of hydrogen-bond donors (Lipinski definition) is 3. The molecule has 0 radical (unpaired) electrons. The van der Waals surface area contributed by atoms with Gasteiger partial charge in [-0.15, -0.1) is 0 Å². The number of nitrogens with one attached hydrogen (secondary N) is 3. The Morgan fingerprint density at radius 3 is 2.51 bits per heavy atom. The number of fused-ring (bicyclic) bond motifs is 1. The van der Waals surface area contributed by atoms with E-state index in [9.17, 15) is 4.79 Å². The highest BCUT2D eigenvalue weighted by Gasteiger charge is 2.21. The Morgan fingerprint density at radius 1 is 1.11 bits per heavy atom. The summed E-state index contributed by atoms with van der Waals surface area (Å²) in [7, 11) is 2.15. The van der Waals surface area contributed by atoms with Gasteiger partial charge in [-0.1, -0.05) is 29.3 Å². The van der Waals surface area contributed by atoms with Crippen LogP contribution in [-0.4, -0.2) is 57.1 Å². The monoisotopic (exact) mass is 510 g/mol. The first-order valence-electron chi connectivity index (χ1n) is 11.1. The van der Waals surface area contributed by atoms with Crippen LogP contribution in [0.2, 0.25) is 10.0 Å². The van der Waals surface area contributed by atoms with E-state index in [1.54, 1.807) is 18.2 Å². The second kappa shape index (κ2) is 9.33. The zero-order chi connectivity index (χ0) is 24.7. The number of aromatic nitrogens is 4. The lowest BCUT2D eigenvalue weighted by Crippen LogP contribution is -2.50. The van der Waals surface area contributed by atoms with E-state index < -0.39 is 5.69 Å². The number of rotatable bonds is 4. The SMILES string of the molecule is C[C@@H]1CN(C)CCN1c1ccc(Nc2ncc3c(=N)n(-c4c(Cl)cccc4Cl)c(=O)[nH]c3n2)cc1. The number of para-hydroxylation sites is 1. The minimum atomic E-state index is -0.576. The van der Waals surface area contributed by atoms with E-state index >= 15 is 0 Å². The largest absolute Gasteiger partial charge is 0.366 e. The van der Waals surface area contributed by atoms with Crippen molar-refractivity contribution < 1.29 is 0 Å². The van der Waals surface area contributed by atoms with Gasteiger partial charge in [0, 0.05) is 43.2 Å². The Hall–Kier alpha value is -3.40. The van der Waals surface area contributed by atoms with Gasteiger partial charge in [0.2, 0.25) is 5.95 Å². The van der Waals surface area contributed by atoms with Crippen molar-refractivity contribution in [2.75, 3.05) is 36.9 Å². The number of piperazine rings is 1. The maximum atomic E-state index is 12.8. The summed E-state index contributed by atoms with van der Waals surface area (Å²) in [5, 5.41) is 12.6. The van der Waals surface area contributed by atoms with Crippen LogP contribution in [0.4, 0.5) is 17.3 Å². The molecule has 3 N–H and O–H groups in total. The number of likely N-dealkylation sites (N-methyl/N-ethyl adjacent to an activating group) is 1. The summed E-state index contributed by atoms with van der Waals surface area (Å²) in [6, 6.07) is 13.4. The summed E-state index contributed by atoms with van der Waals surface area (Å²) < 4.78 is 1.11. The van der Waals surface area contributed by atoms with Gasteiger partial charge < -0.3 is 15.1 Å². The summed E-state index contributed by atoms with van der Waals surface area (Å²) >= 11 is 12.5. The third-order valence-electron chi connectivity index (χ3n) is 6.14. The summed E-state index contributed by atoms with van der Waals surface area (Å²) in [4.78, 5) is 29.0. The number of aromatic amines is 1. The zero-order valence-electron chi connectivity index (χ0n) is 19.2. The smallest absolute Gasteiger partial charge is 0.333 e. The van der Waals surface area contributed by atoms with Gasteiger partial charge in [-0.05, 0) is 50.4 Å². The first kappa shape index (κ1) is 23.3. The Morgan fingerprint density at radius 2 is 1.83 bits per heavy atom. The van der Waals surface area contributed by atoms with Crippen LogP contribution in [0.25, 0.3) is 16.7 Å². The van der Waals surface area contributed by atoms with Crippen LogP contribution in [0.3, 0.4) is 0 Å². The van der Waals surface area contributed by atoms with Gasteiger partial charge in [0.05, 0.1) is 21.1 Å². The zero-order valence-corrected chi connectivity index (χ0v) is 20.7. The molecule has 0 spiro atoms. The second-order valence-electron chi connectivity index (χ2n) is 8.62. The third-order valence-corrected chi connectivity index (χ3v) is 6.75. The normalized spacial score (nSPS) is 16.6. The molecule has 2 aromatic carbocycles. The van der Waals surface area contributed by atoms with Crippen molar-refractivity contribution in [2.45, 2.75) is 13.0 Å². The molecule has 180 valence electrons. The number of halogens is 2. The Bertz CT molecular complexity index is 1490. The molecule has 1 atom stereocenters. The molecule has 35 heavy (non-hydrogen) atoms. The van der Waals surface area contributed by atoms with Crippen molar-refractivity contribution in [1.82, 2.24) is 24.4 Å². The molecule has 1 saturated heterocycles. The second-order valence-corrected chi connectivity index (χ2v) is 9.43. The quantitative estimate of drug-likeness (QED) is 0.385. The molecule has 0 saturated carbocycles. The topological polar surface area (TPSA) is 106 Å². The minimum Gasteiger partial charge on any atom is -0.366 e. The Balaban J connectivity index is 1.43. The van der Waals surface area contributed by atoms with Gasteiger partial charge in [-0.25, -0.2) is 14.3 Å². The molecule has 0 amide bonds. The molecule has 9 nitrogen and oxygen atoms in total. The number of anilines is 3. The van der Waals surface area contributed by atoms with Crippen molar-refractivity contribution in [1.29, 1.82) is 5.41 Å². The summed E-state index contributed by atoms with van der Waals surface area (Å²) in [6.07, 6.45) is 1.49. The van der Waals surface area contributed by atoms with Crippen LogP contribution < -0.4 is 21.4 Å². The van der Waals surface area contributed by atoms with Crippen LogP contribution in [-0.2, 0) is 0 Å². The average Bonchev–Trinajstić information content (AvgIpc) is 2.81. The molecular formula is C24H24Cl2N8O. The van der Waals surface area contributed by atoms with Gasteiger partial charge in [0.1, 0.15) is 5.49 Å². The fourth-order valence-corrected chi connectivity index (χ4v) is 4.96. The lowest BCUT2D eigenvalue weighted by molar-refractivity contribution is 0.275. The highest BCUT2D eigenvalue weighted by molar-refractivity contribution is 6.37. The van der Waals surface area contributed by atoms with Crippen LogP contribution >= 0.6 is 23.2 Å². The lowest BCUT2D eigenvalue weighted by atomic mass is 10.1. The Kier molecular flexibility index (Phi) is 6.22. The molecule has 2 aromatic heterocycles. The van der Waals surface area contributed by atoms with Crippen molar-refractivity contribution in [3.05, 3.63) is 74.7 Å². The lowest BCUT2D eigenvalue weighted by Gasteiger charge is -2.39. The van der Waals surface area contributed by atoms with Crippen LogP contribution in [0.1, 0.15) is 6.92 Å². The predicted molar refractivity (Wildman–Crippen MR) is 139 cm³/mol. The molecule has 3 heterocycles. The third kappa shape index (κ3) is 4.50. The average molecular weight is 511 g/mol. The number of benzene rings is 2. The molecule has 1 aliphatic heterocycles. The highest BCUT2D eigenvalue weighted by Crippen LogP contribution is 2.27. The van der Waals surface area contributed by atoms with Crippen molar-refractivity contribution in [2.24, 2.45) is 0 Å². The number of nitrogens with zero attached hydrogens (tertiary/aromatic N) is 5. The van der Waals surface area contributed by atoms with Crippen molar-refractivity contribution in [3.63, 3.8) is 0 Å². The van der Waals surface area contributed by atoms with E-state index in [4.69, 9.17) is 28.6 Å². The fraction of sp³-hybridized carbons (Fsp3) is 0.250. The maximum absolute atomic E-state index is 12.8. The van der Waals surface area contributed by atoms with E-state index in [1.165, 1.54) is 11.9 Å². The van der Waals surface area contributed by atoms with Gasteiger partial charge >= 0.3 is 5.69 Å². The van der Waals surface area contributed by atoms with Gasteiger partial charge in [-0.2, -0.15) is 4.98 Å². The Labute approximate surface area is 211 Å². The molecule has 0 aliphatic carbocycles. The summed E-state index contributed by atoms with van der Waals surface area (Å²) in [6.45, 7) is 5.29. The maximum Gasteiger partial charge on any atom is 0.333 e. The molecule has 1 aliphatic rings. The summed E-state index contributed by atoms with van der Waals surface area (Å²) in [5.74, 6) is 0.307. The first-order chi connectivity index (χ1) is 16.8. The molecule has 0 bridgehead atoms. The van der Waals surface area contributed by atoms with Crippen LogP contribution in [0, 0.1) is 5.41 Å². The highest BCUT2D eigenvalue weighted by atomic mass is 35.5. The van der Waals surface area contributed by atoms with Gasteiger partial charge in [0.25, 0.3) is 0 Å². The molecule has 11 heteroatoms. The predicted octanol–water partition coefficient (Wildman–Crippen LogP) is 3.78. The van der Waals surface area contributed by atoms with E-state index in [0.29, 0.717) is 17.4 Å². The first-order valence-corrected chi connectivity index (χ1v) is 11.9. The molecular weight excluding hydrogens is 487 g/mol. The standard InChI is InChI=1S/C24H24Cl2N8O/c1-14-13-32(2)10-11-33(14)16-8-6-15(7-9-16)29-23-28-12-17-21(27)34(24(35)31-22(17)30-23)20-18(25)4-3-5-19(20)26/h3-9,12,14,27H,10-11,13H2,1-2H3,(H2,28,29,30,31,35)/t14-/m1/s1. The molecule has 4 aromatic rings. The van der Waals surface area contributed by atoms with Crippen LogP contribution in [0.15, 0.2) is 53.5 Å². The van der Waals surface area contributed by atoms with E-state index in [1.807, 2.05) is 12.1 Å². The molecule has 0 unspecified atom stereocenters. The number of H-pyrrole nitrogens is 1. The van der Waals surface area contributed by atoms with E-state index in [0.717, 1.165) is 29.9 Å². The fourth-order valence-electron chi connectivity index (χ4n) is 4.39. The van der Waals surface area contributed by atoms with Crippen LogP contribution in [0.5, 0.6) is 0 Å². The van der Waals surface area contributed by atoms with Gasteiger partial charge in [0.15, 0.2) is 5.65 Å². The van der Waals surface area contributed by atoms with Gasteiger partial charge in [-0.3, -0.25) is 10.4 Å². The van der Waals surface area contributed by atoms with E-state index in [-0.39, 0.29) is 26.9 Å². The molecule has 5 rings (SSSR count). The van der Waals surface area contributed by atoms with Crippen molar-refractivity contribution in [3.8, 4) is 5.69 Å². The van der Waals surface area contributed by atoms with Crippen molar-refractivity contribution >= 4 is 51.6 Å². The summed E-state index contributed by atoms with van der Waals surface area (Å²) in [5.41, 5.74) is 1.77. The number of hydrogen-bond acceptors (Lipinski definition) is 7. The molecule has 1 fully saturated rings.